The summed E-state index contributed by atoms with van der Waals surface area (Å²) in [5.74, 6) is -0.852. The molecule has 3 fully saturated rings. The van der Waals surface area contributed by atoms with Gasteiger partial charge in [-0.1, -0.05) is 6.92 Å². The lowest BCUT2D eigenvalue weighted by atomic mass is 10.00. The summed E-state index contributed by atoms with van der Waals surface area (Å²) in [5.41, 5.74) is 0.0937. The molecule has 2 aliphatic carbocycles. The maximum atomic E-state index is 12.1. The van der Waals surface area contributed by atoms with Crippen molar-refractivity contribution in [3.8, 4) is 0 Å². The summed E-state index contributed by atoms with van der Waals surface area (Å²) < 4.78 is 0. The fourth-order valence-electron chi connectivity index (χ4n) is 3.17. The number of likely N-dealkylation sites (tertiary alicyclic amines) is 1. The van der Waals surface area contributed by atoms with Crippen molar-refractivity contribution >= 4 is 11.9 Å². The van der Waals surface area contributed by atoms with Crippen molar-refractivity contribution in [1.29, 1.82) is 0 Å². The van der Waals surface area contributed by atoms with Crippen LogP contribution in [0, 0.1) is 17.3 Å². The SMILES string of the molecule is CC1(C[C@@H](O)C(=O)N2C[C@H]3C[C@H]3[C@H]2C(=O)O)CC1. The van der Waals surface area contributed by atoms with Gasteiger partial charge in [0.05, 0.1) is 0 Å². The van der Waals surface area contributed by atoms with Crippen LogP contribution in [0.4, 0.5) is 0 Å². The van der Waals surface area contributed by atoms with E-state index in [0.717, 1.165) is 19.3 Å². The zero-order valence-electron chi connectivity index (χ0n) is 10.5. The van der Waals surface area contributed by atoms with Crippen LogP contribution in [0.2, 0.25) is 0 Å². The molecule has 0 spiro atoms. The molecule has 0 unspecified atom stereocenters. The normalized spacial score (nSPS) is 37.0. The Morgan fingerprint density at radius 1 is 1.44 bits per heavy atom. The molecular formula is C13H19NO4. The van der Waals surface area contributed by atoms with Gasteiger partial charge >= 0.3 is 5.97 Å². The topological polar surface area (TPSA) is 77.8 Å². The van der Waals surface area contributed by atoms with Crippen LogP contribution in [0.1, 0.15) is 32.6 Å². The number of fused-ring (bicyclic) bond motifs is 1. The van der Waals surface area contributed by atoms with Gasteiger partial charge in [0.2, 0.25) is 0 Å². The van der Waals surface area contributed by atoms with Gasteiger partial charge in [-0.3, -0.25) is 4.79 Å². The van der Waals surface area contributed by atoms with Crippen LogP contribution < -0.4 is 0 Å². The number of rotatable bonds is 4. The van der Waals surface area contributed by atoms with E-state index in [9.17, 15) is 19.8 Å². The molecule has 3 aliphatic rings. The zero-order chi connectivity index (χ0) is 13.1. The van der Waals surface area contributed by atoms with E-state index >= 15 is 0 Å². The van der Waals surface area contributed by atoms with Crippen LogP contribution in [-0.2, 0) is 9.59 Å². The number of piperidine rings is 1. The lowest BCUT2D eigenvalue weighted by molar-refractivity contribution is -0.153. The van der Waals surface area contributed by atoms with Gasteiger partial charge in [0.15, 0.2) is 0 Å². The Balaban J connectivity index is 1.66. The molecule has 1 heterocycles. The second kappa shape index (κ2) is 3.70. The van der Waals surface area contributed by atoms with Crippen molar-refractivity contribution in [3.05, 3.63) is 0 Å². The smallest absolute Gasteiger partial charge is 0.326 e. The highest BCUT2D eigenvalue weighted by atomic mass is 16.4. The molecule has 18 heavy (non-hydrogen) atoms. The number of nitrogens with zero attached hydrogens (tertiary/aromatic N) is 1. The number of carbonyl (C=O) groups excluding carboxylic acids is 1. The summed E-state index contributed by atoms with van der Waals surface area (Å²) in [5, 5.41) is 19.2. The molecule has 1 aliphatic heterocycles. The van der Waals surface area contributed by atoms with Crippen LogP contribution in [0.5, 0.6) is 0 Å². The summed E-state index contributed by atoms with van der Waals surface area (Å²) in [6.45, 7) is 2.56. The summed E-state index contributed by atoms with van der Waals surface area (Å²) in [7, 11) is 0. The van der Waals surface area contributed by atoms with E-state index in [1.165, 1.54) is 4.90 Å². The summed E-state index contributed by atoms with van der Waals surface area (Å²) in [6, 6.07) is -0.704. The number of aliphatic carboxylic acids is 1. The highest BCUT2D eigenvalue weighted by molar-refractivity contribution is 5.87. The molecular weight excluding hydrogens is 234 g/mol. The van der Waals surface area contributed by atoms with E-state index in [2.05, 4.69) is 6.92 Å². The van der Waals surface area contributed by atoms with Crippen molar-refractivity contribution in [1.82, 2.24) is 4.90 Å². The molecule has 0 aromatic heterocycles. The van der Waals surface area contributed by atoms with E-state index in [4.69, 9.17) is 0 Å². The second-order valence-electron chi connectivity index (χ2n) is 6.46. The maximum absolute atomic E-state index is 12.1. The number of aliphatic hydroxyl groups excluding tert-OH is 1. The Morgan fingerprint density at radius 2 is 2.11 bits per heavy atom. The number of amides is 1. The van der Waals surface area contributed by atoms with Crippen molar-refractivity contribution in [2.24, 2.45) is 17.3 Å². The summed E-state index contributed by atoms with van der Waals surface area (Å²) in [6.07, 6.45) is 2.44. The Labute approximate surface area is 106 Å². The molecule has 5 nitrogen and oxygen atoms in total. The first-order valence-corrected chi connectivity index (χ1v) is 6.63. The first kappa shape index (κ1) is 12.0. The molecule has 5 heteroatoms. The highest BCUT2D eigenvalue weighted by Crippen LogP contribution is 2.51. The zero-order valence-corrected chi connectivity index (χ0v) is 10.5. The fourth-order valence-corrected chi connectivity index (χ4v) is 3.17. The van der Waals surface area contributed by atoms with Gasteiger partial charge < -0.3 is 15.1 Å². The Kier molecular flexibility index (Phi) is 2.46. The summed E-state index contributed by atoms with van der Waals surface area (Å²) in [4.78, 5) is 24.7. The number of carboxylic acid groups (broad SMARTS) is 1. The van der Waals surface area contributed by atoms with Crippen LogP contribution in [0.25, 0.3) is 0 Å². The second-order valence-corrected chi connectivity index (χ2v) is 6.46. The average Bonchev–Trinajstić information content (AvgIpc) is 3.18. The van der Waals surface area contributed by atoms with Crippen molar-refractivity contribution < 1.29 is 19.8 Å². The third-order valence-corrected chi connectivity index (χ3v) is 4.76. The maximum Gasteiger partial charge on any atom is 0.326 e. The Morgan fingerprint density at radius 3 is 2.67 bits per heavy atom. The number of carboxylic acids is 1. The van der Waals surface area contributed by atoms with Crippen LogP contribution in [0.3, 0.4) is 0 Å². The van der Waals surface area contributed by atoms with Crippen LogP contribution in [-0.4, -0.2) is 45.7 Å². The van der Waals surface area contributed by atoms with Gasteiger partial charge in [0.25, 0.3) is 5.91 Å². The highest BCUT2D eigenvalue weighted by Gasteiger charge is 2.58. The first-order chi connectivity index (χ1) is 8.41. The number of hydrogen-bond donors (Lipinski definition) is 2. The predicted molar refractivity (Wildman–Crippen MR) is 62.7 cm³/mol. The van der Waals surface area contributed by atoms with E-state index in [-0.39, 0.29) is 17.2 Å². The minimum Gasteiger partial charge on any atom is -0.480 e. The molecule has 0 aromatic rings. The third kappa shape index (κ3) is 1.90. The monoisotopic (exact) mass is 253 g/mol. The molecule has 3 rings (SSSR count). The molecule has 1 saturated heterocycles. The van der Waals surface area contributed by atoms with Gasteiger partial charge in [0, 0.05) is 6.54 Å². The van der Waals surface area contributed by atoms with Crippen LogP contribution >= 0.6 is 0 Å². The lowest BCUT2D eigenvalue weighted by Crippen LogP contribution is -2.48. The van der Waals surface area contributed by atoms with Gasteiger partial charge in [-0.25, -0.2) is 4.79 Å². The number of aliphatic hydroxyl groups is 1. The molecule has 0 aromatic carbocycles. The van der Waals surface area contributed by atoms with Crippen molar-refractivity contribution in [3.63, 3.8) is 0 Å². The van der Waals surface area contributed by atoms with E-state index in [1.54, 1.807) is 0 Å². The number of carbonyl (C=O) groups is 2. The molecule has 4 atom stereocenters. The molecule has 1 amide bonds. The Hall–Kier alpha value is -1.10. The van der Waals surface area contributed by atoms with Gasteiger partial charge in [-0.15, -0.1) is 0 Å². The minimum absolute atomic E-state index is 0.0937. The molecule has 0 radical (unpaired) electrons. The predicted octanol–water partition coefficient (Wildman–Crippen LogP) is 0.469. The lowest BCUT2D eigenvalue weighted by Gasteiger charge is -2.27. The van der Waals surface area contributed by atoms with E-state index in [1.807, 2.05) is 0 Å². The third-order valence-electron chi connectivity index (χ3n) is 4.76. The molecule has 2 N–H and O–H groups in total. The van der Waals surface area contributed by atoms with Crippen molar-refractivity contribution in [2.45, 2.75) is 44.8 Å². The van der Waals surface area contributed by atoms with Crippen molar-refractivity contribution in [2.75, 3.05) is 6.54 Å². The molecule has 100 valence electrons. The van der Waals surface area contributed by atoms with E-state index in [0.29, 0.717) is 18.9 Å². The van der Waals surface area contributed by atoms with Crippen LogP contribution in [0.15, 0.2) is 0 Å². The quantitative estimate of drug-likeness (QED) is 0.763. The average molecular weight is 253 g/mol. The summed E-state index contributed by atoms with van der Waals surface area (Å²) >= 11 is 0. The number of hydrogen-bond acceptors (Lipinski definition) is 3. The Bertz CT molecular complexity index is 404. The first-order valence-electron chi connectivity index (χ1n) is 6.63. The van der Waals surface area contributed by atoms with Gasteiger partial charge in [0.1, 0.15) is 12.1 Å². The fraction of sp³-hybridized carbons (Fsp3) is 0.846. The molecule has 2 saturated carbocycles. The molecule has 0 bridgehead atoms. The van der Waals surface area contributed by atoms with Gasteiger partial charge in [-0.2, -0.15) is 0 Å². The standard InChI is InChI=1S/C13H19NO4/c1-13(2-3-13)5-9(15)11(16)14-6-7-4-8(7)10(14)12(17)18/h7-10,15H,2-6H2,1H3,(H,17,18)/t7-,8-,9-,10+/m1/s1. The largest absolute Gasteiger partial charge is 0.480 e. The van der Waals surface area contributed by atoms with Gasteiger partial charge in [-0.05, 0) is 42.9 Å². The van der Waals surface area contributed by atoms with E-state index < -0.39 is 18.1 Å². The minimum atomic E-state index is -1.03.